The molecular weight excluding hydrogens is 260 g/mol. The Bertz CT molecular complexity index is 656. The van der Waals surface area contributed by atoms with Crippen molar-refractivity contribution >= 4 is 11.8 Å². The zero-order valence-electron chi connectivity index (χ0n) is 11.1. The highest BCUT2D eigenvalue weighted by Gasteiger charge is 2.15. The summed E-state index contributed by atoms with van der Waals surface area (Å²) >= 11 is 0. The molecule has 0 spiro atoms. The van der Waals surface area contributed by atoms with Gasteiger partial charge in [-0.15, -0.1) is 0 Å². The van der Waals surface area contributed by atoms with E-state index in [9.17, 15) is 9.90 Å². The van der Waals surface area contributed by atoms with Crippen molar-refractivity contribution in [2.24, 2.45) is 0 Å². The Morgan fingerprint density at radius 3 is 2.45 bits per heavy atom. The lowest BCUT2D eigenvalue weighted by atomic mass is 10.0. The molecule has 0 aliphatic heterocycles. The molecule has 1 aromatic heterocycles. The Labute approximate surface area is 115 Å². The van der Waals surface area contributed by atoms with E-state index in [-0.39, 0.29) is 11.5 Å². The van der Waals surface area contributed by atoms with Crippen LogP contribution in [-0.2, 0) is 0 Å². The number of carbonyl (C=O) groups is 1. The molecule has 0 fully saturated rings. The molecule has 0 bridgehead atoms. The van der Waals surface area contributed by atoms with Crippen molar-refractivity contribution < 1.29 is 19.4 Å². The van der Waals surface area contributed by atoms with Crippen molar-refractivity contribution in [3.05, 3.63) is 36.0 Å². The molecular formula is C14H14N2O4. The molecule has 0 saturated heterocycles. The van der Waals surface area contributed by atoms with Crippen LogP contribution in [0.25, 0.3) is 11.1 Å². The quantitative estimate of drug-likeness (QED) is 0.886. The van der Waals surface area contributed by atoms with Gasteiger partial charge in [0.25, 0.3) is 0 Å². The maximum atomic E-state index is 11.3. The second-order valence-electron chi connectivity index (χ2n) is 4.01. The molecule has 0 atom stereocenters. The number of pyridine rings is 1. The maximum Gasteiger partial charge on any atom is 0.355 e. The summed E-state index contributed by atoms with van der Waals surface area (Å²) in [5.74, 6) is 0.100. The first-order chi connectivity index (χ1) is 9.56. The van der Waals surface area contributed by atoms with Crippen LogP contribution in [0.3, 0.4) is 0 Å². The van der Waals surface area contributed by atoms with E-state index < -0.39 is 5.97 Å². The molecule has 0 saturated carbocycles. The molecule has 6 nitrogen and oxygen atoms in total. The number of carboxylic acid groups (broad SMARTS) is 1. The summed E-state index contributed by atoms with van der Waals surface area (Å²) in [6.07, 6.45) is 0. The number of nitrogen functional groups attached to an aromatic ring is 1. The van der Waals surface area contributed by atoms with Crippen LogP contribution in [0.1, 0.15) is 10.5 Å². The van der Waals surface area contributed by atoms with Crippen LogP contribution < -0.4 is 15.2 Å². The Morgan fingerprint density at radius 2 is 1.85 bits per heavy atom. The van der Waals surface area contributed by atoms with Crippen LogP contribution in [0.15, 0.2) is 30.3 Å². The number of anilines is 1. The Morgan fingerprint density at radius 1 is 1.15 bits per heavy atom. The second-order valence-corrected chi connectivity index (χ2v) is 4.01. The third-order valence-corrected chi connectivity index (χ3v) is 2.81. The fourth-order valence-electron chi connectivity index (χ4n) is 1.87. The second kappa shape index (κ2) is 5.48. The van der Waals surface area contributed by atoms with Gasteiger partial charge >= 0.3 is 5.97 Å². The summed E-state index contributed by atoms with van der Waals surface area (Å²) < 4.78 is 10.4. The minimum Gasteiger partial charge on any atom is -0.493 e. The van der Waals surface area contributed by atoms with E-state index in [1.54, 1.807) is 30.3 Å². The summed E-state index contributed by atoms with van der Waals surface area (Å²) in [6, 6.07) is 8.31. The predicted molar refractivity (Wildman–Crippen MR) is 74.1 cm³/mol. The van der Waals surface area contributed by atoms with Crippen LogP contribution in [0.5, 0.6) is 11.5 Å². The maximum absolute atomic E-state index is 11.3. The van der Waals surface area contributed by atoms with Gasteiger partial charge in [0.1, 0.15) is 5.82 Å². The van der Waals surface area contributed by atoms with E-state index in [0.717, 1.165) is 0 Å². The highest BCUT2D eigenvalue weighted by molar-refractivity contribution is 5.94. The molecule has 2 rings (SSSR count). The number of carboxylic acids is 1. The fourth-order valence-corrected chi connectivity index (χ4v) is 1.87. The van der Waals surface area contributed by atoms with Crippen molar-refractivity contribution in [3.63, 3.8) is 0 Å². The number of nitrogens with two attached hydrogens (primary N) is 1. The van der Waals surface area contributed by atoms with E-state index >= 15 is 0 Å². The first kappa shape index (κ1) is 13.7. The number of hydrogen-bond acceptors (Lipinski definition) is 5. The van der Waals surface area contributed by atoms with Crippen molar-refractivity contribution in [2.45, 2.75) is 0 Å². The van der Waals surface area contributed by atoms with E-state index in [1.807, 2.05) is 0 Å². The van der Waals surface area contributed by atoms with Crippen LogP contribution >= 0.6 is 0 Å². The van der Waals surface area contributed by atoms with E-state index in [2.05, 4.69) is 4.98 Å². The lowest BCUT2D eigenvalue weighted by molar-refractivity contribution is 0.0691. The molecule has 0 aliphatic rings. The highest BCUT2D eigenvalue weighted by atomic mass is 16.5. The first-order valence-electron chi connectivity index (χ1n) is 5.79. The van der Waals surface area contributed by atoms with Gasteiger partial charge in [-0.2, -0.15) is 0 Å². The molecule has 1 aromatic carbocycles. The highest BCUT2D eigenvalue weighted by Crippen LogP contribution is 2.33. The normalized spacial score (nSPS) is 10.1. The van der Waals surface area contributed by atoms with E-state index in [0.29, 0.717) is 22.6 Å². The average molecular weight is 274 g/mol. The summed E-state index contributed by atoms with van der Waals surface area (Å²) in [4.78, 5) is 15.1. The number of methoxy groups -OCH3 is 2. The number of rotatable bonds is 4. The number of hydrogen-bond donors (Lipinski definition) is 2. The van der Waals surface area contributed by atoms with Crippen molar-refractivity contribution in [3.8, 4) is 22.6 Å². The first-order valence-corrected chi connectivity index (χ1v) is 5.79. The Kier molecular flexibility index (Phi) is 3.74. The van der Waals surface area contributed by atoms with Crippen LogP contribution in [0, 0.1) is 0 Å². The lowest BCUT2D eigenvalue weighted by Gasteiger charge is -2.11. The van der Waals surface area contributed by atoms with Crippen molar-refractivity contribution in [2.75, 3.05) is 20.0 Å². The molecule has 0 unspecified atom stereocenters. The van der Waals surface area contributed by atoms with Gasteiger partial charge in [0.2, 0.25) is 0 Å². The third-order valence-electron chi connectivity index (χ3n) is 2.81. The van der Waals surface area contributed by atoms with Crippen LogP contribution in [-0.4, -0.2) is 30.3 Å². The Balaban J connectivity index is 2.59. The molecule has 6 heteroatoms. The van der Waals surface area contributed by atoms with Crippen molar-refractivity contribution in [1.29, 1.82) is 0 Å². The van der Waals surface area contributed by atoms with Gasteiger partial charge in [0.05, 0.1) is 14.2 Å². The van der Waals surface area contributed by atoms with Crippen LogP contribution in [0.4, 0.5) is 5.82 Å². The van der Waals surface area contributed by atoms with Gasteiger partial charge in [-0.3, -0.25) is 0 Å². The zero-order chi connectivity index (χ0) is 14.7. The molecule has 104 valence electrons. The largest absolute Gasteiger partial charge is 0.493 e. The standard InChI is InChI=1S/C14H14N2O4/c1-19-10-5-3-8(7-11(10)20-2)9-4-6-12(15)16-13(9)14(17)18/h3-7H,1-2H3,(H2,15,16)(H,17,18). The van der Waals surface area contributed by atoms with Gasteiger partial charge in [-0.25, -0.2) is 9.78 Å². The zero-order valence-corrected chi connectivity index (χ0v) is 11.1. The predicted octanol–water partition coefficient (Wildman–Crippen LogP) is 2.05. The van der Waals surface area contributed by atoms with Gasteiger partial charge in [-0.05, 0) is 29.8 Å². The minimum absolute atomic E-state index is 0.0998. The SMILES string of the molecule is COc1ccc(-c2ccc(N)nc2C(=O)O)cc1OC. The van der Waals surface area contributed by atoms with Gasteiger partial charge in [0, 0.05) is 5.56 Å². The lowest BCUT2D eigenvalue weighted by Crippen LogP contribution is -2.05. The molecule has 0 radical (unpaired) electrons. The average Bonchev–Trinajstić information content (AvgIpc) is 2.46. The summed E-state index contributed by atoms with van der Waals surface area (Å²) in [5, 5.41) is 9.20. The van der Waals surface area contributed by atoms with Gasteiger partial charge in [0.15, 0.2) is 17.2 Å². The fraction of sp³-hybridized carbons (Fsp3) is 0.143. The third kappa shape index (κ3) is 2.49. The molecule has 2 aromatic rings. The molecule has 3 N–H and O–H groups in total. The van der Waals surface area contributed by atoms with Gasteiger partial charge < -0.3 is 20.3 Å². The Hall–Kier alpha value is -2.76. The number of benzene rings is 1. The number of aromatic carboxylic acids is 1. The molecule has 1 heterocycles. The monoisotopic (exact) mass is 274 g/mol. The van der Waals surface area contributed by atoms with E-state index in [1.165, 1.54) is 14.2 Å². The minimum atomic E-state index is -1.14. The number of aromatic nitrogens is 1. The van der Waals surface area contributed by atoms with Gasteiger partial charge in [-0.1, -0.05) is 6.07 Å². The summed E-state index contributed by atoms with van der Waals surface area (Å²) in [7, 11) is 3.05. The topological polar surface area (TPSA) is 94.7 Å². The number of ether oxygens (including phenoxy) is 2. The van der Waals surface area contributed by atoms with Crippen LogP contribution in [0.2, 0.25) is 0 Å². The molecule has 0 aliphatic carbocycles. The summed E-state index contributed by atoms with van der Waals surface area (Å²) in [5.41, 5.74) is 6.55. The summed E-state index contributed by atoms with van der Waals surface area (Å²) in [6.45, 7) is 0. The molecule has 0 amide bonds. The number of nitrogens with zero attached hydrogens (tertiary/aromatic N) is 1. The molecule has 20 heavy (non-hydrogen) atoms. The van der Waals surface area contributed by atoms with Crippen molar-refractivity contribution in [1.82, 2.24) is 4.98 Å². The smallest absolute Gasteiger partial charge is 0.355 e. The van der Waals surface area contributed by atoms with E-state index in [4.69, 9.17) is 15.2 Å².